The van der Waals surface area contributed by atoms with Gasteiger partial charge in [-0.05, 0) is 131 Å². The molecule has 0 unspecified atom stereocenters. The van der Waals surface area contributed by atoms with Gasteiger partial charge in [0.15, 0.2) is 0 Å². The summed E-state index contributed by atoms with van der Waals surface area (Å²) in [5.74, 6) is 16.8. The van der Waals surface area contributed by atoms with Crippen molar-refractivity contribution in [2.45, 2.75) is 41.5 Å². The van der Waals surface area contributed by atoms with E-state index in [0.717, 1.165) is 33.4 Å². The molecule has 0 spiro atoms. The molecule has 0 bridgehead atoms. The van der Waals surface area contributed by atoms with E-state index in [9.17, 15) is 8.78 Å². The van der Waals surface area contributed by atoms with Crippen LogP contribution in [0, 0.1) is 88.7 Å². The number of hydrogen-bond donors (Lipinski definition) is 0. The first kappa shape index (κ1) is 40.3. The van der Waals surface area contributed by atoms with Crippen LogP contribution in [0.5, 0.6) is 0 Å². The first-order valence-electron chi connectivity index (χ1n) is 18.5. The molecule has 0 saturated heterocycles. The monoisotopic (exact) mass is 730 g/mol. The molecule has 0 aliphatic rings. The Morgan fingerprint density at radius 1 is 0.268 bits per heavy atom. The molecule has 0 saturated carbocycles. The topological polar surface area (TPSA) is 0 Å². The van der Waals surface area contributed by atoms with Crippen LogP contribution in [0.1, 0.15) is 66.8 Å². The molecule has 7 aromatic rings. The van der Waals surface area contributed by atoms with Crippen molar-refractivity contribution < 1.29 is 8.78 Å². The van der Waals surface area contributed by atoms with E-state index in [4.69, 9.17) is 0 Å². The zero-order valence-electron chi connectivity index (χ0n) is 32.8. The van der Waals surface area contributed by atoms with E-state index in [1.807, 2.05) is 31.2 Å². The summed E-state index contributed by atoms with van der Waals surface area (Å²) in [6.07, 6.45) is 0. The highest BCUT2D eigenvalue weighted by molar-refractivity contribution is 5.65. The highest BCUT2D eigenvalue weighted by Gasteiger charge is 2.07. The second-order valence-corrected chi connectivity index (χ2v) is 13.8. The maximum absolute atomic E-state index is 13.8. The fraction of sp³-hybridized carbons (Fsp3) is 0.111. The average molecular weight is 731 g/mol. The standard InChI is InChI=1S/C22H16F2.2C16H14/c1-15-3-8-18(9-4-15)19-10-5-17(6-11-19)7-12-20-21(23)13-16(2)14-22(20)24;2*1-13-3-7-15(8-4-13)11-12-16-9-5-14(2)6-10-16/h3-6,8-11,13-14H,1-2H3;2*3-10H,1-2H3. The van der Waals surface area contributed by atoms with E-state index in [1.165, 1.54) is 39.9 Å². The molecule has 0 nitrogen and oxygen atoms in total. The Morgan fingerprint density at radius 2 is 0.482 bits per heavy atom. The number of rotatable bonds is 1. The number of hydrogen-bond acceptors (Lipinski definition) is 0. The molecule has 274 valence electrons. The predicted octanol–water partition coefficient (Wildman–Crippen LogP) is 13.1. The third kappa shape index (κ3) is 12.9. The van der Waals surface area contributed by atoms with Gasteiger partial charge in [0.25, 0.3) is 0 Å². The molecule has 0 aliphatic carbocycles. The van der Waals surface area contributed by atoms with E-state index in [0.29, 0.717) is 11.1 Å². The van der Waals surface area contributed by atoms with Crippen molar-refractivity contribution in [1.82, 2.24) is 0 Å². The van der Waals surface area contributed by atoms with Crippen molar-refractivity contribution in [2.24, 2.45) is 0 Å². The van der Waals surface area contributed by atoms with Crippen molar-refractivity contribution in [3.63, 3.8) is 0 Å². The molecule has 0 fully saturated rings. The Balaban J connectivity index is 0.000000166. The van der Waals surface area contributed by atoms with Gasteiger partial charge in [-0.25, -0.2) is 8.78 Å². The van der Waals surface area contributed by atoms with Gasteiger partial charge in [0.05, 0.1) is 5.56 Å². The van der Waals surface area contributed by atoms with Crippen LogP contribution in [0.3, 0.4) is 0 Å². The second kappa shape index (κ2) is 20.0. The van der Waals surface area contributed by atoms with Gasteiger partial charge in [-0.3, -0.25) is 0 Å². The SMILES string of the molecule is Cc1ccc(-c2ccc(C#Cc3c(F)cc(C)cc3F)cc2)cc1.Cc1ccc(C#Cc2ccc(C)cc2)cc1.Cc1ccc(C#Cc2ccc(C)cc2)cc1. The molecule has 0 amide bonds. The number of halogens is 2. The molecule has 0 N–H and O–H groups in total. The molecule has 0 radical (unpaired) electrons. The largest absolute Gasteiger partial charge is 0.206 e. The molecule has 2 heteroatoms. The second-order valence-electron chi connectivity index (χ2n) is 13.8. The van der Waals surface area contributed by atoms with Crippen molar-refractivity contribution >= 4 is 0 Å². The van der Waals surface area contributed by atoms with E-state index in [2.05, 4.69) is 185 Å². The van der Waals surface area contributed by atoms with Gasteiger partial charge in [0.1, 0.15) is 11.6 Å². The molecule has 56 heavy (non-hydrogen) atoms. The lowest BCUT2D eigenvalue weighted by molar-refractivity contribution is 0.575. The summed E-state index contributed by atoms with van der Waals surface area (Å²) in [7, 11) is 0. The minimum Gasteiger partial charge on any atom is -0.206 e. The van der Waals surface area contributed by atoms with Crippen LogP contribution in [0.4, 0.5) is 8.78 Å². The van der Waals surface area contributed by atoms with E-state index in [-0.39, 0.29) is 5.56 Å². The molecular weight excluding hydrogens is 687 g/mol. The summed E-state index contributed by atoms with van der Waals surface area (Å²) in [4.78, 5) is 0. The maximum Gasteiger partial charge on any atom is 0.142 e. The lowest BCUT2D eigenvalue weighted by atomic mass is 10.0. The number of benzene rings is 7. The first-order chi connectivity index (χ1) is 27.0. The summed E-state index contributed by atoms with van der Waals surface area (Å²) in [6.45, 7) is 12.0. The van der Waals surface area contributed by atoms with E-state index >= 15 is 0 Å². The van der Waals surface area contributed by atoms with Gasteiger partial charge >= 0.3 is 0 Å². The summed E-state index contributed by atoms with van der Waals surface area (Å²) in [5, 5.41) is 0. The van der Waals surface area contributed by atoms with Crippen LogP contribution >= 0.6 is 0 Å². The Morgan fingerprint density at radius 3 is 0.768 bits per heavy atom. The lowest BCUT2D eigenvalue weighted by Crippen LogP contribution is -1.91. The van der Waals surface area contributed by atoms with E-state index in [1.54, 1.807) is 6.92 Å². The summed E-state index contributed by atoms with van der Waals surface area (Å²) >= 11 is 0. The van der Waals surface area contributed by atoms with Crippen LogP contribution < -0.4 is 0 Å². The summed E-state index contributed by atoms with van der Waals surface area (Å²) in [5.41, 5.74) is 13.8. The predicted molar refractivity (Wildman–Crippen MR) is 230 cm³/mol. The Kier molecular flexibility index (Phi) is 14.3. The molecule has 7 aromatic carbocycles. The molecular formula is C54H44F2. The van der Waals surface area contributed by atoms with Crippen LogP contribution in [-0.2, 0) is 0 Å². The van der Waals surface area contributed by atoms with Gasteiger partial charge in [-0.15, -0.1) is 0 Å². The highest BCUT2D eigenvalue weighted by atomic mass is 19.1. The fourth-order valence-electron chi connectivity index (χ4n) is 5.28. The molecule has 7 rings (SSSR count). The van der Waals surface area contributed by atoms with Crippen molar-refractivity contribution in [2.75, 3.05) is 0 Å². The molecule has 0 atom stereocenters. The zero-order valence-corrected chi connectivity index (χ0v) is 32.8. The lowest BCUT2D eigenvalue weighted by Gasteiger charge is -2.02. The molecule has 0 aliphatic heterocycles. The van der Waals surface area contributed by atoms with Crippen molar-refractivity contribution in [3.05, 3.63) is 236 Å². The summed E-state index contributed by atoms with van der Waals surface area (Å²) in [6, 6.07) is 51.5. The van der Waals surface area contributed by atoms with Crippen LogP contribution in [0.2, 0.25) is 0 Å². The Hall–Kier alpha value is -6.92. The zero-order chi connectivity index (χ0) is 39.9. The third-order valence-corrected chi connectivity index (χ3v) is 8.70. The average Bonchev–Trinajstić information content (AvgIpc) is 3.19. The van der Waals surface area contributed by atoms with Gasteiger partial charge in [-0.1, -0.05) is 148 Å². The van der Waals surface area contributed by atoms with E-state index < -0.39 is 11.6 Å². The van der Waals surface area contributed by atoms with Gasteiger partial charge < -0.3 is 0 Å². The minimum absolute atomic E-state index is 0.191. The first-order valence-corrected chi connectivity index (χ1v) is 18.5. The van der Waals surface area contributed by atoms with Crippen molar-refractivity contribution in [3.8, 4) is 46.6 Å². The molecule has 0 aromatic heterocycles. The van der Waals surface area contributed by atoms with Gasteiger partial charge in [0.2, 0.25) is 0 Å². The Bertz CT molecular complexity index is 2310. The summed E-state index contributed by atoms with van der Waals surface area (Å²) < 4.78 is 27.6. The maximum atomic E-state index is 13.8. The van der Waals surface area contributed by atoms with Gasteiger partial charge in [0, 0.05) is 27.8 Å². The smallest absolute Gasteiger partial charge is 0.142 e. The fourth-order valence-corrected chi connectivity index (χ4v) is 5.28. The van der Waals surface area contributed by atoms with Crippen molar-refractivity contribution in [1.29, 1.82) is 0 Å². The Labute approximate surface area is 331 Å². The van der Waals surface area contributed by atoms with Crippen LogP contribution in [0.15, 0.2) is 158 Å². The normalized spacial score (nSPS) is 9.71. The third-order valence-electron chi connectivity index (χ3n) is 8.70. The van der Waals surface area contributed by atoms with Crippen LogP contribution in [-0.4, -0.2) is 0 Å². The molecule has 0 heterocycles. The highest BCUT2D eigenvalue weighted by Crippen LogP contribution is 2.20. The van der Waals surface area contributed by atoms with Gasteiger partial charge in [-0.2, -0.15) is 0 Å². The quantitative estimate of drug-likeness (QED) is 0.148. The number of aryl methyl sites for hydroxylation is 6. The van der Waals surface area contributed by atoms with Crippen LogP contribution in [0.25, 0.3) is 11.1 Å². The minimum atomic E-state index is -0.628.